The van der Waals surface area contributed by atoms with Gasteiger partial charge in [0.05, 0.1) is 25.4 Å². The van der Waals surface area contributed by atoms with Crippen LogP contribution >= 0.6 is 11.5 Å². The van der Waals surface area contributed by atoms with E-state index in [2.05, 4.69) is 14.3 Å². The van der Waals surface area contributed by atoms with Gasteiger partial charge >= 0.3 is 0 Å². The van der Waals surface area contributed by atoms with Gasteiger partial charge in [-0.2, -0.15) is 4.37 Å². The summed E-state index contributed by atoms with van der Waals surface area (Å²) in [5.74, 6) is 0.750. The Kier molecular flexibility index (Phi) is 3.24. The molecule has 2 aliphatic rings. The molecule has 0 spiro atoms. The Bertz CT molecular complexity index is 375. The maximum Gasteiger partial charge on any atom is 0.205 e. The highest BCUT2D eigenvalue weighted by molar-refractivity contribution is 7.09. The number of nitrogens with zero attached hydrogens (tertiary/aromatic N) is 3. The van der Waals surface area contributed by atoms with Gasteiger partial charge in [0.1, 0.15) is 6.61 Å². The highest BCUT2D eigenvalue weighted by Gasteiger charge is 2.33. The maximum absolute atomic E-state index is 5.79. The van der Waals surface area contributed by atoms with E-state index in [9.17, 15) is 0 Å². The number of aromatic nitrogens is 2. The Labute approximate surface area is 104 Å². The summed E-state index contributed by atoms with van der Waals surface area (Å²) in [6.45, 7) is 3.49. The van der Waals surface area contributed by atoms with E-state index in [-0.39, 0.29) is 12.2 Å². The van der Waals surface area contributed by atoms with Crippen LogP contribution in [0.5, 0.6) is 0 Å². The van der Waals surface area contributed by atoms with Crippen molar-refractivity contribution in [3.8, 4) is 0 Å². The van der Waals surface area contributed by atoms with Crippen LogP contribution in [0, 0.1) is 0 Å². The Balaban J connectivity index is 1.70. The van der Waals surface area contributed by atoms with Crippen molar-refractivity contribution in [1.29, 1.82) is 0 Å². The van der Waals surface area contributed by atoms with Crippen molar-refractivity contribution >= 4 is 16.7 Å². The second-order valence-electron chi connectivity index (χ2n) is 4.25. The first-order valence-electron chi connectivity index (χ1n) is 5.65. The molecule has 0 aromatic carbocycles. The van der Waals surface area contributed by atoms with Crippen molar-refractivity contribution in [1.82, 2.24) is 9.36 Å². The Morgan fingerprint density at radius 3 is 2.88 bits per heavy atom. The minimum Gasteiger partial charge on any atom is -0.377 e. The van der Waals surface area contributed by atoms with Gasteiger partial charge < -0.3 is 19.1 Å². The van der Waals surface area contributed by atoms with Crippen LogP contribution in [0.1, 0.15) is 5.82 Å². The van der Waals surface area contributed by atoms with Crippen LogP contribution < -0.4 is 4.90 Å². The lowest BCUT2D eigenvalue weighted by molar-refractivity contribution is -0.144. The molecular weight excluding hydrogens is 242 g/mol. The summed E-state index contributed by atoms with van der Waals surface area (Å²) >= 11 is 1.42. The molecule has 0 amide bonds. The molecule has 3 heterocycles. The van der Waals surface area contributed by atoms with Crippen molar-refractivity contribution in [2.75, 3.05) is 38.3 Å². The number of methoxy groups -OCH3 is 1. The number of hydrogen-bond donors (Lipinski definition) is 0. The zero-order valence-electron chi connectivity index (χ0n) is 9.66. The summed E-state index contributed by atoms with van der Waals surface area (Å²) in [6, 6.07) is 0. The molecule has 1 aromatic rings. The molecule has 0 saturated carbocycles. The summed E-state index contributed by atoms with van der Waals surface area (Å²) in [6.07, 6.45) is 0.328. The Morgan fingerprint density at radius 2 is 2.18 bits per heavy atom. The summed E-state index contributed by atoms with van der Waals surface area (Å²) < 4.78 is 20.5. The molecule has 6 nitrogen and oxygen atoms in total. The molecule has 94 valence electrons. The molecule has 0 N–H and O–H groups in total. The van der Waals surface area contributed by atoms with Crippen LogP contribution in [0.15, 0.2) is 0 Å². The third-order valence-corrected chi connectivity index (χ3v) is 3.66. The van der Waals surface area contributed by atoms with E-state index in [0.29, 0.717) is 19.8 Å². The van der Waals surface area contributed by atoms with Crippen LogP contribution in [-0.2, 0) is 20.8 Å². The van der Waals surface area contributed by atoms with E-state index in [1.165, 1.54) is 11.5 Å². The summed E-state index contributed by atoms with van der Waals surface area (Å²) in [5, 5.41) is 0.956. The molecule has 7 heteroatoms. The molecule has 2 unspecified atom stereocenters. The van der Waals surface area contributed by atoms with E-state index < -0.39 is 0 Å². The van der Waals surface area contributed by atoms with Crippen LogP contribution in [-0.4, -0.2) is 55.0 Å². The highest BCUT2D eigenvalue weighted by Crippen LogP contribution is 2.24. The first-order valence-corrected chi connectivity index (χ1v) is 6.42. The Morgan fingerprint density at radius 1 is 1.41 bits per heavy atom. The van der Waals surface area contributed by atoms with Crippen LogP contribution in [0.25, 0.3) is 0 Å². The predicted octanol–water partition coefficient (Wildman–Crippen LogP) is 0.288. The smallest absolute Gasteiger partial charge is 0.205 e. The van der Waals surface area contributed by atoms with Gasteiger partial charge in [0.15, 0.2) is 5.82 Å². The lowest BCUT2D eigenvalue weighted by Gasteiger charge is -2.40. The van der Waals surface area contributed by atoms with Crippen LogP contribution in [0.2, 0.25) is 0 Å². The first-order chi connectivity index (χ1) is 8.35. The fraction of sp³-hybridized carbons (Fsp3) is 0.800. The molecule has 3 rings (SSSR count). The zero-order valence-corrected chi connectivity index (χ0v) is 10.5. The topological polar surface area (TPSA) is 56.7 Å². The molecule has 2 aliphatic heterocycles. The number of fused-ring (bicyclic) bond motifs is 2. The van der Waals surface area contributed by atoms with Gasteiger partial charge in [0, 0.05) is 31.7 Å². The average molecular weight is 257 g/mol. The third kappa shape index (κ3) is 2.42. The number of ether oxygens (including phenoxy) is 3. The number of morpholine rings is 1. The van der Waals surface area contributed by atoms with Crippen molar-refractivity contribution in [2.24, 2.45) is 0 Å². The summed E-state index contributed by atoms with van der Waals surface area (Å²) in [5.41, 5.74) is 0. The summed E-state index contributed by atoms with van der Waals surface area (Å²) in [4.78, 5) is 6.70. The maximum atomic E-state index is 5.79. The molecular formula is C10H15N3O3S. The van der Waals surface area contributed by atoms with Crippen molar-refractivity contribution < 1.29 is 14.2 Å². The molecule has 2 bridgehead atoms. The normalized spacial score (nSPS) is 28.4. The van der Waals surface area contributed by atoms with E-state index >= 15 is 0 Å². The largest absolute Gasteiger partial charge is 0.377 e. The van der Waals surface area contributed by atoms with Crippen LogP contribution in [0.3, 0.4) is 0 Å². The quantitative estimate of drug-likeness (QED) is 0.775. The second kappa shape index (κ2) is 4.85. The van der Waals surface area contributed by atoms with Gasteiger partial charge in [0.2, 0.25) is 5.13 Å². The zero-order chi connectivity index (χ0) is 11.7. The molecule has 17 heavy (non-hydrogen) atoms. The fourth-order valence-corrected chi connectivity index (χ4v) is 2.85. The number of rotatable bonds is 3. The third-order valence-electron chi connectivity index (χ3n) is 2.84. The van der Waals surface area contributed by atoms with Gasteiger partial charge in [-0.15, -0.1) is 0 Å². The van der Waals surface area contributed by atoms with Crippen molar-refractivity contribution in [3.05, 3.63) is 5.82 Å². The Hall–Kier alpha value is -0.760. The van der Waals surface area contributed by atoms with Gasteiger partial charge in [-0.1, -0.05) is 0 Å². The monoisotopic (exact) mass is 257 g/mol. The lowest BCUT2D eigenvalue weighted by atomic mass is 10.2. The minimum absolute atomic E-state index is 0.164. The minimum atomic E-state index is 0.164. The van der Waals surface area contributed by atoms with E-state index in [4.69, 9.17) is 14.2 Å². The van der Waals surface area contributed by atoms with Gasteiger partial charge in [-0.05, 0) is 0 Å². The van der Waals surface area contributed by atoms with E-state index in [1.807, 2.05) is 0 Å². The van der Waals surface area contributed by atoms with Crippen LogP contribution in [0.4, 0.5) is 5.13 Å². The lowest BCUT2D eigenvalue weighted by Crippen LogP contribution is -2.54. The van der Waals surface area contributed by atoms with Gasteiger partial charge in [-0.25, -0.2) is 4.98 Å². The molecule has 2 atom stereocenters. The number of hydrogen-bond acceptors (Lipinski definition) is 7. The van der Waals surface area contributed by atoms with E-state index in [1.54, 1.807) is 7.11 Å². The first kappa shape index (κ1) is 11.3. The fourth-order valence-electron chi connectivity index (χ4n) is 2.16. The average Bonchev–Trinajstić information content (AvgIpc) is 2.78. The van der Waals surface area contributed by atoms with Crippen molar-refractivity contribution in [3.63, 3.8) is 0 Å². The second-order valence-corrected chi connectivity index (χ2v) is 4.98. The molecule has 2 fully saturated rings. The SMILES string of the molecule is COCc1nsc(N2CC3COCC(C2)O3)n1. The molecule has 2 saturated heterocycles. The standard InChI is InChI=1S/C10H15N3O3S/c1-14-6-9-11-10(17-12-9)13-2-7-4-15-5-8(3-13)16-7/h7-8H,2-6H2,1H3. The molecule has 0 aliphatic carbocycles. The molecule has 0 radical (unpaired) electrons. The summed E-state index contributed by atoms with van der Waals surface area (Å²) in [7, 11) is 1.65. The van der Waals surface area contributed by atoms with E-state index in [0.717, 1.165) is 24.0 Å². The number of anilines is 1. The van der Waals surface area contributed by atoms with Crippen molar-refractivity contribution in [2.45, 2.75) is 18.8 Å². The van der Waals surface area contributed by atoms with Gasteiger partial charge in [0.25, 0.3) is 0 Å². The predicted molar refractivity (Wildman–Crippen MR) is 62.3 cm³/mol. The molecule has 1 aromatic heterocycles. The highest BCUT2D eigenvalue weighted by atomic mass is 32.1. The van der Waals surface area contributed by atoms with Gasteiger partial charge in [-0.3, -0.25) is 0 Å².